The smallest absolute Gasteiger partial charge is 0.240 e. The molecule has 1 aliphatic heterocycles. The number of hydrogen-bond acceptors (Lipinski definition) is 5. The van der Waals surface area contributed by atoms with Crippen LogP contribution in [0.1, 0.15) is 43.0 Å². The first-order chi connectivity index (χ1) is 13.0. The second-order valence-electron chi connectivity index (χ2n) is 7.04. The van der Waals surface area contributed by atoms with Crippen LogP contribution in [0.4, 0.5) is 8.78 Å². The highest BCUT2D eigenvalue weighted by Crippen LogP contribution is 2.22. The van der Waals surface area contributed by atoms with Crippen molar-refractivity contribution in [2.75, 3.05) is 13.1 Å². The van der Waals surface area contributed by atoms with Crippen molar-refractivity contribution in [1.29, 1.82) is 0 Å². The first-order valence-corrected chi connectivity index (χ1v) is 9.22. The lowest BCUT2D eigenvalue weighted by molar-refractivity contribution is -0.121. The number of aromatic nitrogens is 2. The second-order valence-corrected chi connectivity index (χ2v) is 7.04. The molecule has 0 saturated carbocycles. The molecule has 146 valence electrons. The molecule has 27 heavy (non-hydrogen) atoms. The van der Waals surface area contributed by atoms with E-state index in [1.807, 2.05) is 0 Å². The van der Waals surface area contributed by atoms with Gasteiger partial charge in [0, 0.05) is 19.5 Å². The molecule has 2 heterocycles. The van der Waals surface area contributed by atoms with Gasteiger partial charge in [0.1, 0.15) is 0 Å². The largest absolute Gasteiger partial charge is 0.352 e. The summed E-state index contributed by atoms with van der Waals surface area (Å²) in [5, 5.41) is 6.57. The first kappa shape index (κ1) is 19.4. The molecular weight excluding hydrogens is 354 g/mol. The van der Waals surface area contributed by atoms with Crippen LogP contribution in [0.2, 0.25) is 0 Å². The van der Waals surface area contributed by atoms with Crippen molar-refractivity contribution in [2.45, 2.75) is 45.7 Å². The summed E-state index contributed by atoms with van der Waals surface area (Å²) in [7, 11) is 0. The maximum Gasteiger partial charge on any atom is 0.240 e. The topological polar surface area (TPSA) is 71.3 Å². The molecule has 0 radical (unpaired) electrons. The van der Waals surface area contributed by atoms with Crippen LogP contribution in [-0.2, 0) is 17.9 Å². The Bertz CT molecular complexity index is 781. The molecule has 0 aliphatic carbocycles. The number of rotatable bonds is 7. The lowest BCUT2D eigenvalue weighted by atomic mass is 9.93. The Balaban J connectivity index is 1.39. The third-order valence-corrected chi connectivity index (χ3v) is 4.78. The van der Waals surface area contributed by atoms with E-state index in [9.17, 15) is 13.6 Å². The highest BCUT2D eigenvalue weighted by Gasteiger charge is 2.22. The number of piperidine rings is 1. The van der Waals surface area contributed by atoms with Crippen molar-refractivity contribution < 1.29 is 18.1 Å². The molecule has 1 aliphatic rings. The van der Waals surface area contributed by atoms with Gasteiger partial charge in [0.05, 0.1) is 6.54 Å². The molecule has 2 aromatic rings. The molecule has 1 aromatic carbocycles. The third kappa shape index (κ3) is 5.82. The van der Waals surface area contributed by atoms with Crippen molar-refractivity contribution in [3.63, 3.8) is 0 Å². The van der Waals surface area contributed by atoms with Crippen molar-refractivity contribution in [3.8, 4) is 0 Å². The van der Waals surface area contributed by atoms with Gasteiger partial charge in [0.2, 0.25) is 11.8 Å². The Morgan fingerprint density at radius 3 is 2.96 bits per heavy atom. The van der Waals surface area contributed by atoms with Gasteiger partial charge in [0.25, 0.3) is 0 Å². The Labute approximate surface area is 156 Å². The highest BCUT2D eigenvalue weighted by molar-refractivity contribution is 5.75. The van der Waals surface area contributed by atoms with Gasteiger partial charge in [-0.25, -0.2) is 8.78 Å². The first-order valence-electron chi connectivity index (χ1n) is 9.22. The Hall–Kier alpha value is -2.35. The maximum absolute atomic E-state index is 13.2. The molecule has 1 aromatic heterocycles. The van der Waals surface area contributed by atoms with Crippen LogP contribution >= 0.6 is 0 Å². The van der Waals surface area contributed by atoms with Gasteiger partial charge in [-0.2, -0.15) is 4.98 Å². The van der Waals surface area contributed by atoms with Crippen molar-refractivity contribution in [2.24, 2.45) is 5.92 Å². The van der Waals surface area contributed by atoms with E-state index in [1.165, 1.54) is 6.07 Å². The number of amides is 1. The summed E-state index contributed by atoms with van der Waals surface area (Å²) in [6, 6.07) is 3.64. The fourth-order valence-corrected chi connectivity index (χ4v) is 3.40. The minimum absolute atomic E-state index is 0.0793. The lowest BCUT2D eigenvalue weighted by Gasteiger charge is -2.31. The van der Waals surface area contributed by atoms with Gasteiger partial charge >= 0.3 is 0 Å². The molecule has 8 heteroatoms. The van der Waals surface area contributed by atoms with Crippen LogP contribution < -0.4 is 5.32 Å². The zero-order valence-corrected chi connectivity index (χ0v) is 15.4. The minimum Gasteiger partial charge on any atom is -0.352 e. The Morgan fingerprint density at radius 2 is 2.22 bits per heavy atom. The van der Waals surface area contributed by atoms with E-state index < -0.39 is 11.6 Å². The van der Waals surface area contributed by atoms with E-state index in [1.54, 1.807) is 6.92 Å². The van der Waals surface area contributed by atoms with Gasteiger partial charge in [-0.3, -0.25) is 9.69 Å². The number of halogens is 2. The Kier molecular flexibility index (Phi) is 6.49. The fraction of sp³-hybridized carbons (Fsp3) is 0.526. The number of likely N-dealkylation sites (tertiary alicyclic amines) is 1. The second kappa shape index (κ2) is 9.03. The van der Waals surface area contributed by atoms with E-state index in [0.717, 1.165) is 44.5 Å². The van der Waals surface area contributed by atoms with Crippen LogP contribution in [-0.4, -0.2) is 34.0 Å². The summed E-state index contributed by atoms with van der Waals surface area (Å²) in [5.41, 5.74) is 0.543. The number of nitrogens with one attached hydrogen (secondary N) is 1. The SMILES string of the molecule is Cc1noc(CN2CCC[C@H](CCC(=O)NCc3ccc(F)c(F)c3)C2)n1. The van der Waals surface area contributed by atoms with E-state index in [0.29, 0.717) is 36.2 Å². The molecule has 3 rings (SSSR count). The number of carbonyl (C=O) groups is 1. The number of carbonyl (C=O) groups excluding carboxylic acids is 1. The summed E-state index contributed by atoms with van der Waals surface area (Å²) < 4.78 is 31.3. The molecule has 6 nitrogen and oxygen atoms in total. The zero-order chi connectivity index (χ0) is 19.2. The van der Waals surface area contributed by atoms with Gasteiger partial charge in [-0.05, 0) is 56.3 Å². The van der Waals surface area contributed by atoms with Gasteiger partial charge < -0.3 is 9.84 Å². The number of aryl methyl sites for hydroxylation is 1. The molecule has 1 saturated heterocycles. The molecule has 1 fully saturated rings. The summed E-state index contributed by atoms with van der Waals surface area (Å²) in [5.74, 6) is -0.169. The molecule has 0 spiro atoms. The predicted molar refractivity (Wildman–Crippen MR) is 94.5 cm³/mol. The van der Waals surface area contributed by atoms with Crippen molar-refractivity contribution >= 4 is 5.91 Å². The van der Waals surface area contributed by atoms with Crippen molar-refractivity contribution in [1.82, 2.24) is 20.4 Å². The fourth-order valence-electron chi connectivity index (χ4n) is 3.40. The average Bonchev–Trinajstić information content (AvgIpc) is 3.06. The summed E-state index contributed by atoms with van der Waals surface area (Å²) in [4.78, 5) is 18.6. The molecule has 0 bridgehead atoms. The van der Waals surface area contributed by atoms with E-state index >= 15 is 0 Å². The van der Waals surface area contributed by atoms with Gasteiger partial charge in [0.15, 0.2) is 17.5 Å². The number of nitrogens with zero attached hydrogens (tertiary/aromatic N) is 3. The van der Waals surface area contributed by atoms with Crippen LogP contribution in [0.5, 0.6) is 0 Å². The van der Waals surface area contributed by atoms with Crippen LogP contribution in [0.25, 0.3) is 0 Å². The third-order valence-electron chi connectivity index (χ3n) is 4.78. The van der Waals surface area contributed by atoms with E-state index in [2.05, 4.69) is 20.4 Å². The molecule has 1 amide bonds. The van der Waals surface area contributed by atoms with Crippen LogP contribution in [0.3, 0.4) is 0 Å². The quantitative estimate of drug-likeness (QED) is 0.802. The lowest BCUT2D eigenvalue weighted by Crippen LogP contribution is -2.35. The van der Waals surface area contributed by atoms with Crippen LogP contribution in [0, 0.1) is 24.5 Å². The summed E-state index contributed by atoms with van der Waals surface area (Å²) in [6.07, 6.45) is 3.38. The van der Waals surface area contributed by atoms with Crippen LogP contribution in [0.15, 0.2) is 22.7 Å². The summed E-state index contributed by atoms with van der Waals surface area (Å²) in [6.45, 7) is 4.52. The number of hydrogen-bond donors (Lipinski definition) is 1. The van der Waals surface area contributed by atoms with Crippen molar-refractivity contribution in [3.05, 3.63) is 47.1 Å². The number of benzene rings is 1. The molecule has 1 atom stereocenters. The van der Waals surface area contributed by atoms with Gasteiger partial charge in [-0.1, -0.05) is 11.2 Å². The predicted octanol–water partition coefficient (Wildman–Crippen LogP) is 2.96. The molecular formula is C19H24F2N4O2. The normalized spacial score (nSPS) is 17.8. The molecule has 0 unspecified atom stereocenters. The minimum atomic E-state index is -0.902. The maximum atomic E-state index is 13.2. The van der Waals surface area contributed by atoms with E-state index in [4.69, 9.17) is 4.52 Å². The standard InChI is InChI=1S/C19H24F2N4O2/c1-13-23-19(27-24-13)12-25-8-2-3-14(11-25)5-7-18(26)22-10-15-4-6-16(20)17(21)9-15/h4,6,9,14H,2-3,5,7-8,10-12H2,1H3,(H,22,26)/t14-/m1/s1. The average molecular weight is 378 g/mol. The van der Waals surface area contributed by atoms with Gasteiger partial charge in [-0.15, -0.1) is 0 Å². The Morgan fingerprint density at radius 1 is 1.37 bits per heavy atom. The molecule has 1 N–H and O–H groups in total. The van der Waals surface area contributed by atoms with E-state index in [-0.39, 0.29) is 12.5 Å². The zero-order valence-electron chi connectivity index (χ0n) is 15.4. The highest BCUT2D eigenvalue weighted by atomic mass is 19.2. The monoisotopic (exact) mass is 378 g/mol. The summed E-state index contributed by atoms with van der Waals surface area (Å²) >= 11 is 0.